The van der Waals surface area contributed by atoms with Gasteiger partial charge in [0.1, 0.15) is 17.2 Å². The van der Waals surface area contributed by atoms with E-state index in [9.17, 15) is 13.6 Å². The highest BCUT2D eigenvalue weighted by atomic mass is 19.1. The molecule has 0 atom stereocenters. The van der Waals surface area contributed by atoms with Gasteiger partial charge >= 0.3 is 11.7 Å². The van der Waals surface area contributed by atoms with Gasteiger partial charge in [-0.25, -0.2) is 13.6 Å². The molecule has 0 unspecified atom stereocenters. The third-order valence-corrected chi connectivity index (χ3v) is 3.60. The number of carbonyl (C=O) groups excluding carboxylic acids is 1. The van der Waals surface area contributed by atoms with Crippen molar-refractivity contribution in [2.24, 2.45) is 0 Å². The van der Waals surface area contributed by atoms with Gasteiger partial charge in [-0.1, -0.05) is 0 Å². The lowest BCUT2D eigenvalue weighted by atomic mass is 10.1. The molecule has 1 aromatic carbocycles. The Hall–Kier alpha value is -3.15. The van der Waals surface area contributed by atoms with E-state index in [1.54, 1.807) is 58.1 Å². The van der Waals surface area contributed by atoms with Crippen molar-refractivity contribution in [3.8, 4) is 17.0 Å². The zero-order chi connectivity index (χ0) is 16.0. The third-order valence-electron chi connectivity index (χ3n) is 3.60. The SMILES string of the molecule is O=C1Oc2cc(F)cc(F)c2-c2cccc[n+]2-[n+]2ccccc21. The number of halogens is 2. The maximum atomic E-state index is 14.4. The minimum Gasteiger partial charge on any atom is -0.417 e. The van der Waals surface area contributed by atoms with E-state index in [1.165, 1.54) is 0 Å². The molecule has 0 aliphatic carbocycles. The predicted molar refractivity (Wildman–Crippen MR) is 74.4 cm³/mol. The first-order chi connectivity index (χ1) is 11.1. The molecule has 0 saturated heterocycles. The third kappa shape index (κ3) is 2.07. The number of hydrogen-bond acceptors (Lipinski definition) is 2. The number of hydrogen-bond donors (Lipinski definition) is 0. The summed E-state index contributed by atoms with van der Waals surface area (Å²) in [6, 6.07) is 11.9. The molecule has 1 aliphatic heterocycles. The second kappa shape index (κ2) is 4.95. The molecular weight excluding hydrogens is 302 g/mol. The average molecular weight is 312 g/mol. The van der Waals surface area contributed by atoms with Gasteiger partial charge in [-0.3, -0.25) is 0 Å². The summed E-state index contributed by atoms with van der Waals surface area (Å²) >= 11 is 0. The minimum absolute atomic E-state index is 0.0300. The van der Waals surface area contributed by atoms with Crippen molar-refractivity contribution in [2.45, 2.75) is 0 Å². The van der Waals surface area contributed by atoms with Crippen LogP contribution in [0.4, 0.5) is 8.78 Å². The van der Waals surface area contributed by atoms with Gasteiger partial charge < -0.3 is 4.74 Å². The maximum Gasteiger partial charge on any atom is 0.416 e. The Morgan fingerprint density at radius 1 is 0.870 bits per heavy atom. The Balaban J connectivity index is 2.14. The number of pyridine rings is 2. The topological polar surface area (TPSA) is 34.1 Å². The molecule has 0 amide bonds. The molecule has 1 aliphatic rings. The summed E-state index contributed by atoms with van der Waals surface area (Å²) in [6.07, 6.45) is 3.34. The van der Waals surface area contributed by atoms with Crippen molar-refractivity contribution in [1.29, 1.82) is 0 Å². The molecule has 23 heavy (non-hydrogen) atoms. The molecule has 3 heterocycles. The van der Waals surface area contributed by atoms with E-state index in [1.807, 2.05) is 0 Å². The maximum absolute atomic E-state index is 14.4. The summed E-state index contributed by atoms with van der Waals surface area (Å²) in [5.74, 6) is -2.45. The van der Waals surface area contributed by atoms with Crippen LogP contribution < -0.4 is 14.1 Å². The lowest BCUT2D eigenvalue weighted by Gasteiger charge is -2.11. The molecular formula is C17H10F2N2O2+2. The van der Waals surface area contributed by atoms with E-state index in [2.05, 4.69) is 0 Å². The monoisotopic (exact) mass is 312 g/mol. The second-order valence-electron chi connectivity index (χ2n) is 5.01. The van der Waals surface area contributed by atoms with E-state index in [-0.39, 0.29) is 17.0 Å². The highest BCUT2D eigenvalue weighted by molar-refractivity contribution is 5.88. The van der Waals surface area contributed by atoms with Gasteiger partial charge in [-0.05, 0) is 12.1 Å². The van der Waals surface area contributed by atoms with Gasteiger partial charge in [0.05, 0.1) is 9.35 Å². The van der Waals surface area contributed by atoms with Gasteiger partial charge in [0, 0.05) is 36.4 Å². The number of carbonyl (C=O) groups is 1. The number of fused-ring (bicyclic) bond motifs is 5. The number of ether oxygens (including phenoxy) is 1. The van der Waals surface area contributed by atoms with Crippen LogP contribution in [0, 0.1) is 11.6 Å². The molecule has 6 heteroatoms. The van der Waals surface area contributed by atoms with Crippen molar-refractivity contribution < 1.29 is 27.7 Å². The van der Waals surface area contributed by atoms with Crippen LogP contribution in [0.15, 0.2) is 60.9 Å². The largest absolute Gasteiger partial charge is 0.417 e. The van der Waals surface area contributed by atoms with Crippen LogP contribution in [0.2, 0.25) is 0 Å². The van der Waals surface area contributed by atoms with E-state index in [0.29, 0.717) is 5.69 Å². The molecule has 4 rings (SSSR count). The van der Waals surface area contributed by atoms with Crippen LogP contribution in [-0.4, -0.2) is 5.97 Å². The summed E-state index contributed by atoms with van der Waals surface area (Å²) in [6.45, 7) is 0. The van der Waals surface area contributed by atoms with Gasteiger partial charge in [0.2, 0.25) is 12.4 Å². The van der Waals surface area contributed by atoms with E-state index >= 15 is 0 Å². The zero-order valence-electron chi connectivity index (χ0n) is 11.7. The van der Waals surface area contributed by atoms with Crippen LogP contribution in [0.25, 0.3) is 11.3 Å². The predicted octanol–water partition coefficient (Wildman–Crippen LogP) is 2.05. The fourth-order valence-corrected chi connectivity index (χ4v) is 2.64. The fraction of sp³-hybridized carbons (Fsp3) is 0. The summed E-state index contributed by atoms with van der Waals surface area (Å²) in [7, 11) is 0. The van der Waals surface area contributed by atoms with E-state index in [4.69, 9.17) is 4.74 Å². The standard InChI is InChI=1S/C17H10F2N2O2/c18-11-9-12(19)16-13-5-1-3-7-20(13)21-8-4-2-6-14(21)17(22)23-15(16)10-11/h1-10H/q+2. The highest BCUT2D eigenvalue weighted by Crippen LogP contribution is 2.32. The molecule has 2 aromatic heterocycles. The van der Waals surface area contributed by atoms with Crippen LogP contribution >= 0.6 is 0 Å². The fourth-order valence-electron chi connectivity index (χ4n) is 2.64. The lowest BCUT2D eigenvalue weighted by molar-refractivity contribution is -1.29. The number of esters is 1. The van der Waals surface area contributed by atoms with Crippen LogP contribution in [0.3, 0.4) is 0 Å². The Kier molecular flexibility index (Phi) is 2.90. The van der Waals surface area contributed by atoms with Crippen molar-refractivity contribution in [1.82, 2.24) is 0 Å². The van der Waals surface area contributed by atoms with Crippen molar-refractivity contribution >= 4 is 5.97 Å². The number of benzene rings is 1. The first-order valence-electron chi connectivity index (χ1n) is 6.89. The zero-order valence-corrected chi connectivity index (χ0v) is 11.7. The van der Waals surface area contributed by atoms with E-state index in [0.717, 1.165) is 12.1 Å². The quantitative estimate of drug-likeness (QED) is 0.362. The first kappa shape index (κ1) is 13.5. The highest BCUT2D eigenvalue weighted by Gasteiger charge is 2.37. The average Bonchev–Trinajstić information content (AvgIpc) is 2.53. The normalized spacial score (nSPS) is 12.3. The van der Waals surface area contributed by atoms with Gasteiger partial charge in [-0.2, -0.15) is 0 Å². The van der Waals surface area contributed by atoms with Gasteiger partial charge in [0.15, 0.2) is 5.75 Å². The van der Waals surface area contributed by atoms with Crippen molar-refractivity contribution in [3.63, 3.8) is 0 Å². The molecule has 0 bridgehead atoms. The number of nitrogens with zero attached hydrogens (tertiary/aromatic N) is 2. The summed E-state index contributed by atoms with van der Waals surface area (Å²) in [5.41, 5.74) is 0.701. The Morgan fingerprint density at radius 2 is 1.52 bits per heavy atom. The smallest absolute Gasteiger partial charge is 0.416 e. The summed E-state index contributed by atoms with van der Waals surface area (Å²) in [5, 5.41) is 0. The Bertz CT molecular complexity index is 957. The van der Waals surface area contributed by atoms with Crippen LogP contribution in [0.1, 0.15) is 10.5 Å². The van der Waals surface area contributed by atoms with Crippen molar-refractivity contribution in [2.75, 3.05) is 0 Å². The number of aromatic nitrogens is 2. The second-order valence-corrected chi connectivity index (χ2v) is 5.01. The number of rotatable bonds is 0. The molecule has 0 N–H and O–H groups in total. The molecule has 112 valence electrons. The molecule has 0 fully saturated rings. The summed E-state index contributed by atoms with van der Waals surface area (Å²) in [4.78, 5) is 12.4. The molecule has 0 saturated carbocycles. The van der Waals surface area contributed by atoms with E-state index < -0.39 is 17.6 Å². The van der Waals surface area contributed by atoms with Crippen LogP contribution in [-0.2, 0) is 0 Å². The summed E-state index contributed by atoms with van der Waals surface area (Å²) < 4.78 is 36.3. The first-order valence-corrected chi connectivity index (χ1v) is 6.89. The van der Waals surface area contributed by atoms with Crippen LogP contribution in [0.5, 0.6) is 5.75 Å². The Labute approximate surface area is 129 Å². The van der Waals surface area contributed by atoms with Gasteiger partial charge in [0.25, 0.3) is 5.69 Å². The lowest BCUT2D eigenvalue weighted by Crippen LogP contribution is -2.70. The molecule has 0 spiro atoms. The van der Waals surface area contributed by atoms with Crippen molar-refractivity contribution in [3.05, 3.63) is 78.3 Å². The molecule has 4 nitrogen and oxygen atoms in total. The minimum atomic E-state index is -0.807. The van der Waals surface area contributed by atoms with Gasteiger partial charge in [-0.15, -0.1) is 0 Å². The molecule has 3 aromatic rings. The Morgan fingerprint density at radius 3 is 2.26 bits per heavy atom. The molecule has 0 radical (unpaired) electrons.